The summed E-state index contributed by atoms with van der Waals surface area (Å²) in [6.45, 7) is -1.39. The van der Waals surface area contributed by atoms with Gasteiger partial charge >= 0.3 is 6.18 Å². The Hall–Kier alpha value is -2.10. The molecule has 152 valence electrons. The summed E-state index contributed by atoms with van der Waals surface area (Å²) in [7, 11) is 1.40. The predicted octanol–water partition coefficient (Wildman–Crippen LogP) is 3.82. The van der Waals surface area contributed by atoms with Crippen molar-refractivity contribution in [2.75, 3.05) is 38.7 Å². The number of pyridine rings is 1. The molecular weight excluding hydrogens is 391 g/mol. The van der Waals surface area contributed by atoms with Crippen LogP contribution in [0.2, 0.25) is 0 Å². The molecule has 0 aliphatic carbocycles. The number of ether oxygens (including phenoxy) is 1. The molecule has 2 rings (SSSR count). The van der Waals surface area contributed by atoms with Gasteiger partial charge < -0.3 is 10.1 Å². The van der Waals surface area contributed by atoms with Gasteiger partial charge in [-0.3, -0.25) is 9.69 Å². The second-order valence-electron chi connectivity index (χ2n) is 6.02. The van der Waals surface area contributed by atoms with Crippen LogP contribution in [0.4, 0.5) is 18.9 Å². The van der Waals surface area contributed by atoms with E-state index in [1.165, 1.54) is 7.11 Å². The monoisotopic (exact) mass is 413 g/mol. The average Bonchev–Trinajstić information content (AvgIpc) is 2.64. The Morgan fingerprint density at radius 1 is 1.25 bits per heavy atom. The van der Waals surface area contributed by atoms with Gasteiger partial charge in [0.1, 0.15) is 0 Å². The van der Waals surface area contributed by atoms with Crippen molar-refractivity contribution in [3.05, 3.63) is 54.2 Å². The number of nitrogens with one attached hydrogen (secondary N) is 1. The number of amides is 1. The Labute approximate surface area is 166 Å². The van der Waals surface area contributed by atoms with E-state index in [0.29, 0.717) is 11.4 Å². The maximum Gasteiger partial charge on any atom is 0.401 e. The molecule has 1 aromatic carbocycles. The molecule has 1 N–H and O–H groups in total. The fourth-order valence-electron chi connectivity index (χ4n) is 2.42. The van der Waals surface area contributed by atoms with E-state index in [0.717, 1.165) is 15.5 Å². The molecule has 0 spiro atoms. The minimum atomic E-state index is -4.38. The molecule has 28 heavy (non-hydrogen) atoms. The van der Waals surface area contributed by atoms with Crippen molar-refractivity contribution < 1.29 is 22.7 Å². The minimum Gasteiger partial charge on any atom is -0.383 e. The zero-order valence-electron chi connectivity index (χ0n) is 15.4. The Bertz CT molecular complexity index is 745. The summed E-state index contributed by atoms with van der Waals surface area (Å²) in [6, 6.07) is 12.9. The summed E-state index contributed by atoms with van der Waals surface area (Å²) in [5.41, 5.74) is 1.52. The SMILES string of the molecule is COCCN(CC(=O)Nc1cccc(CSc2ccccn2)c1)CC(F)(F)F. The second-order valence-corrected chi connectivity index (χ2v) is 7.02. The van der Waals surface area contributed by atoms with Gasteiger partial charge in [-0.1, -0.05) is 18.2 Å². The van der Waals surface area contributed by atoms with Crippen molar-refractivity contribution in [1.82, 2.24) is 9.88 Å². The van der Waals surface area contributed by atoms with Crippen LogP contribution in [-0.4, -0.2) is 55.3 Å². The highest BCUT2D eigenvalue weighted by atomic mass is 32.2. The van der Waals surface area contributed by atoms with E-state index < -0.39 is 18.6 Å². The summed E-state index contributed by atoms with van der Waals surface area (Å²) in [5, 5.41) is 3.55. The second kappa shape index (κ2) is 11.0. The largest absolute Gasteiger partial charge is 0.401 e. The molecule has 0 saturated heterocycles. The fourth-order valence-corrected chi connectivity index (χ4v) is 3.22. The van der Waals surface area contributed by atoms with Crippen molar-refractivity contribution in [2.45, 2.75) is 17.0 Å². The lowest BCUT2D eigenvalue weighted by Gasteiger charge is -2.22. The quantitative estimate of drug-likeness (QED) is 0.600. The molecule has 0 radical (unpaired) electrons. The van der Waals surface area contributed by atoms with Crippen LogP contribution in [0, 0.1) is 0 Å². The molecule has 0 unspecified atom stereocenters. The van der Waals surface area contributed by atoms with Gasteiger partial charge in [0.05, 0.1) is 24.7 Å². The number of carbonyl (C=O) groups excluding carboxylic acids is 1. The van der Waals surface area contributed by atoms with Crippen LogP contribution >= 0.6 is 11.8 Å². The summed E-state index contributed by atoms with van der Waals surface area (Å²) in [6.07, 6.45) is -2.66. The van der Waals surface area contributed by atoms with Gasteiger partial charge in [-0.15, -0.1) is 11.8 Å². The van der Waals surface area contributed by atoms with Gasteiger partial charge in [0.2, 0.25) is 5.91 Å². The van der Waals surface area contributed by atoms with Crippen molar-refractivity contribution in [3.63, 3.8) is 0 Å². The number of thioether (sulfide) groups is 1. The number of halogens is 3. The molecule has 9 heteroatoms. The summed E-state index contributed by atoms with van der Waals surface area (Å²) < 4.78 is 42.8. The number of carbonyl (C=O) groups is 1. The van der Waals surface area contributed by atoms with Crippen molar-refractivity contribution in [2.24, 2.45) is 0 Å². The number of hydrogen-bond acceptors (Lipinski definition) is 5. The highest BCUT2D eigenvalue weighted by Gasteiger charge is 2.31. The molecule has 0 saturated carbocycles. The molecule has 1 heterocycles. The first kappa shape index (κ1) is 22.2. The molecule has 1 aromatic heterocycles. The van der Waals surface area contributed by atoms with Crippen LogP contribution < -0.4 is 5.32 Å². The Balaban J connectivity index is 1.91. The van der Waals surface area contributed by atoms with Gasteiger partial charge in [-0.05, 0) is 29.8 Å². The first-order chi connectivity index (χ1) is 13.4. The van der Waals surface area contributed by atoms with Crippen LogP contribution in [-0.2, 0) is 15.3 Å². The molecule has 0 bridgehead atoms. The summed E-state index contributed by atoms with van der Waals surface area (Å²) in [5.74, 6) is 0.157. The lowest BCUT2D eigenvalue weighted by molar-refractivity contribution is -0.149. The fraction of sp³-hybridized carbons (Fsp3) is 0.368. The topological polar surface area (TPSA) is 54.5 Å². The van der Waals surface area contributed by atoms with E-state index in [2.05, 4.69) is 10.3 Å². The number of anilines is 1. The summed E-state index contributed by atoms with van der Waals surface area (Å²) >= 11 is 1.56. The minimum absolute atomic E-state index is 0.0180. The average molecular weight is 413 g/mol. The Morgan fingerprint density at radius 3 is 2.75 bits per heavy atom. The van der Waals surface area contributed by atoms with Crippen molar-refractivity contribution >= 4 is 23.4 Å². The predicted molar refractivity (Wildman–Crippen MR) is 103 cm³/mol. The number of alkyl halides is 3. The molecule has 5 nitrogen and oxygen atoms in total. The maximum absolute atomic E-state index is 12.7. The standard InChI is InChI=1S/C19H22F3N3O2S/c1-27-10-9-25(14-19(20,21)22)12-17(26)24-16-6-4-5-15(11-16)13-28-18-7-2-3-8-23-18/h2-8,11H,9-10,12-14H2,1H3,(H,24,26). The van der Waals surface area contributed by atoms with Gasteiger partial charge in [0.15, 0.2) is 0 Å². The zero-order valence-corrected chi connectivity index (χ0v) is 16.2. The Kier molecular flexibility index (Phi) is 8.75. The van der Waals surface area contributed by atoms with Crippen LogP contribution in [0.1, 0.15) is 5.56 Å². The van der Waals surface area contributed by atoms with Crippen molar-refractivity contribution in [3.8, 4) is 0 Å². The molecule has 1 amide bonds. The van der Waals surface area contributed by atoms with E-state index in [9.17, 15) is 18.0 Å². The van der Waals surface area contributed by atoms with E-state index >= 15 is 0 Å². The molecule has 2 aromatic rings. The van der Waals surface area contributed by atoms with Gasteiger partial charge in [-0.25, -0.2) is 4.98 Å². The number of nitrogens with zero attached hydrogens (tertiary/aromatic N) is 2. The highest BCUT2D eigenvalue weighted by molar-refractivity contribution is 7.98. The first-order valence-corrected chi connectivity index (χ1v) is 9.55. The number of rotatable bonds is 10. The zero-order chi connectivity index (χ0) is 20.4. The van der Waals surface area contributed by atoms with E-state index in [-0.39, 0.29) is 19.7 Å². The summed E-state index contributed by atoms with van der Waals surface area (Å²) in [4.78, 5) is 17.4. The third-order valence-electron chi connectivity index (χ3n) is 3.62. The van der Waals surface area contributed by atoms with Crippen LogP contribution in [0.15, 0.2) is 53.7 Å². The van der Waals surface area contributed by atoms with E-state index in [1.807, 2.05) is 24.3 Å². The van der Waals surface area contributed by atoms with E-state index in [1.54, 1.807) is 36.2 Å². The van der Waals surface area contributed by atoms with Gasteiger partial charge in [0.25, 0.3) is 0 Å². The van der Waals surface area contributed by atoms with Crippen LogP contribution in [0.5, 0.6) is 0 Å². The highest BCUT2D eigenvalue weighted by Crippen LogP contribution is 2.22. The molecule has 0 aliphatic rings. The van der Waals surface area contributed by atoms with Gasteiger partial charge in [-0.2, -0.15) is 13.2 Å². The van der Waals surface area contributed by atoms with Crippen molar-refractivity contribution in [1.29, 1.82) is 0 Å². The third kappa shape index (κ3) is 8.73. The Morgan fingerprint density at radius 2 is 2.07 bits per heavy atom. The lowest BCUT2D eigenvalue weighted by Crippen LogP contribution is -2.41. The number of benzene rings is 1. The first-order valence-electron chi connectivity index (χ1n) is 8.56. The molecule has 0 atom stereocenters. The lowest BCUT2D eigenvalue weighted by atomic mass is 10.2. The van der Waals surface area contributed by atoms with Crippen LogP contribution in [0.25, 0.3) is 0 Å². The number of aromatic nitrogens is 1. The maximum atomic E-state index is 12.7. The van der Waals surface area contributed by atoms with Crippen LogP contribution in [0.3, 0.4) is 0 Å². The number of methoxy groups -OCH3 is 1. The normalized spacial score (nSPS) is 11.6. The molecule has 0 aliphatic heterocycles. The van der Waals surface area contributed by atoms with E-state index in [4.69, 9.17) is 4.74 Å². The molecule has 0 fully saturated rings. The molecular formula is C19H22F3N3O2S. The smallest absolute Gasteiger partial charge is 0.383 e. The number of hydrogen-bond donors (Lipinski definition) is 1. The third-order valence-corrected chi connectivity index (χ3v) is 4.63. The van der Waals surface area contributed by atoms with Gasteiger partial charge in [0, 0.05) is 31.3 Å².